The lowest BCUT2D eigenvalue weighted by Gasteiger charge is -2.48. The van der Waals surface area contributed by atoms with Crippen LogP contribution in [0, 0.1) is 17.8 Å². The summed E-state index contributed by atoms with van der Waals surface area (Å²) in [4.78, 5) is 37.6. The molecule has 4 N–H and O–H groups in total. The van der Waals surface area contributed by atoms with E-state index in [4.69, 9.17) is 23.1 Å². The molecule has 0 fully saturated rings. The molecule has 6 aliphatic rings. The zero-order chi connectivity index (χ0) is 86.5. The third kappa shape index (κ3) is 25.6. The number of carbonyl (C=O) groups excluding carboxylic acids is 2. The number of ketones is 2. The second-order valence-electron chi connectivity index (χ2n) is 40.9. The minimum atomic E-state index is -3.40. The van der Waals surface area contributed by atoms with E-state index in [-0.39, 0.29) is 84.7 Å². The van der Waals surface area contributed by atoms with Crippen LogP contribution in [0.5, 0.6) is 34.5 Å². The van der Waals surface area contributed by atoms with Gasteiger partial charge in [0.15, 0.2) is 31.2 Å². The summed E-state index contributed by atoms with van der Waals surface area (Å²) in [6, 6.07) is 12.9. The van der Waals surface area contributed by atoms with Crippen molar-refractivity contribution in [3.8, 4) is 34.5 Å². The van der Waals surface area contributed by atoms with E-state index in [2.05, 4.69) is 207 Å². The third-order valence-electron chi connectivity index (χ3n) is 26.3. The molecule has 3 aliphatic carbocycles. The van der Waals surface area contributed by atoms with Gasteiger partial charge in [-0.2, -0.15) is 0 Å². The molecule has 9 rings (SSSR count). The van der Waals surface area contributed by atoms with Gasteiger partial charge in [-0.25, -0.2) is 35.2 Å². The van der Waals surface area contributed by atoms with Gasteiger partial charge in [0, 0.05) is 70.3 Å². The summed E-state index contributed by atoms with van der Waals surface area (Å²) < 4.78 is 100. The number of phenols is 1. The van der Waals surface area contributed by atoms with E-state index in [9.17, 15) is 49.9 Å². The van der Waals surface area contributed by atoms with Gasteiger partial charge in [-0.1, -0.05) is 199 Å². The molecule has 0 saturated heterocycles. The van der Waals surface area contributed by atoms with Crippen LogP contribution in [0.4, 0.5) is 0 Å². The highest BCUT2D eigenvalue weighted by molar-refractivity contribution is 7.91. The first-order valence-corrected chi connectivity index (χ1v) is 54.2. The predicted octanol–water partition coefficient (Wildman–Crippen LogP) is 22.3. The Bertz CT molecular complexity index is 4360. The Balaban J connectivity index is 0.000000259. The van der Waals surface area contributed by atoms with Gasteiger partial charge >= 0.3 is 5.97 Å². The summed E-state index contributed by atoms with van der Waals surface area (Å²) in [7, 11) is -14.3. The molecule has 3 aliphatic heterocycles. The quantitative estimate of drug-likeness (QED) is 0.0431. The largest absolute Gasteiger partial charge is 0.543 e. The molecule has 0 saturated carbocycles. The van der Waals surface area contributed by atoms with Crippen molar-refractivity contribution in [2.45, 2.75) is 367 Å². The molecule has 0 amide bonds. The van der Waals surface area contributed by atoms with E-state index in [1.54, 1.807) is 0 Å². The first-order chi connectivity index (χ1) is 51.9. The van der Waals surface area contributed by atoms with Crippen LogP contribution in [0.15, 0.2) is 71.3 Å². The van der Waals surface area contributed by atoms with Crippen LogP contribution >= 0.6 is 0 Å². The van der Waals surface area contributed by atoms with Gasteiger partial charge in [0.25, 0.3) is 0 Å². The number of ether oxygens (including phenoxy) is 3. The minimum absolute atomic E-state index is 0.00262. The number of carbonyl (C=O) groups is 3. The molecule has 0 unspecified atom stereocenters. The molecule has 22 heteroatoms. The molecular formula is C92H149NO16S3Si2. The molecule has 0 aromatic heterocycles. The lowest BCUT2D eigenvalue weighted by atomic mass is 9.66. The molecule has 3 aromatic carbocycles. The average Bonchev–Trinajstić information content (AvgIpc) is 0.734. The molecule has 114 heavy (non-hydrogen) atoms. The molecule has 17 nitrogen and oxygen atoms in total. The van der Waals surface area contributed by atoms with Crippen molar-refractivity contribution in [2.24, 2.45) is 22.9 Å². The number of allylic oxidation sites excluding steroid dienone is 5. The molecule has 0 bridgehead atoms. The Morgan fingerprint density at radius 3 is 1.01 bits per heavy atom. The summed E-state index contributed by atoms with van der Waals surface area (Å²) in [6.45, 7) is 55.8. The van der Waals surface area contributed by atoms with Crippen LogP contribution in [0.1, 0.15) is 331 Å². The fraction of sp³-hybridized carbons (Fsp3) is 0.707. The SMILES string of the molecule is CCCCCCC(C)(C)c1cc(O)c2c(c1)OC(C)(C)[C@@H]1CC=C(C(=O)CS(C)(=O)=O)C[C@@H]21.CCCCCCC(C)(C)c1cc2c(c(O[Si](C)(C)C(C)(C)C)c1)[C@@H]1CC(C(=O)CS(C)(=O)=O)=CC[C@H]1C(C)(C)O2.CCCCCCC(C)(C)c1cc2c(c(O[Si](C)(C)C(C)(C)C)c1)[C@@H]1CC(C(=O)O)=CC[C@H]1C(C)(C)O2.CS(N)(=O)=O. The summed E-state index contributed by atoms with van der Waals surface area (Å²) in [5.74, 6) is 2.57. The number of hydrogen-bond donors (Lipinski definition) is 3. The lowest BCUT2D eigenvalue weighted by Crippen LogP contribution is -2.47. The highest BCUT2D eigenvalue weighted by atomic mass is 32.2. The fourth-order valence-corrected chi connectivity index (χ4v) is 20.4. The van der Waals surface area contributed by atoms with Crippen LogP contribution in [-0.2, 0) is 60.3 Å². The highest BCUT2D eigenvalue weighted by Crippen LogP contribution is 2.60. The zero-order valence-electron chi connectivity index (χ0n) is 75.3. The van der Waals surface area contributed by atoms with Crippen molar-refractivity contribution in [1.82, 2.24) is 0 Å². The van der Waals surface area contributed by atoms with Crippen LogP contribution in [0.3, 0.4) is 0 Å². The Labute approximate surface area is 691 Å². The van der Waals surface area contributed by atoms with Crippen molar-refractivity contribution in [3.05, 3.63) is 105 Å². The van der Waals surface area contributed by atoms with Crippen LogP contribution in [0.2, 0.25) is 36.3 Å². The second-order valence-corrected chi connectivity index (χ2v) is 56.3. The van der Waals surface area contributed by atoms with Crippen LogP contribution < -0.4 is 28.2 Å². The molecule has 0 spiro atoms. The van der Waals surface area contributed by atoms with Crippen molar-refractivity contribution < 1.29 is 72.9 Å². The maximum absolute atomic E-state index is 13.0. The Kier molecular flexibility index (Phi) is 31.8. The Morgan fingerprint density at radius 1 is 0.456 bits per heavy atom. The number of sulfonamides is 1. The standard InChI is InChI=1S/C33H54O5SSi.C31H50O4Si.C27H40O5S.CH5NO2S/c1-12-13-14-15-18-32(5,6)24-20-28-30(29(21-24)38-40(10,11)31(2,3)4)25-19-23(27(34)22-39(9,35)36)16-17-26(25)33(7,8)37-28;1-11-12-13-14-17-30(5,6)22-19-25-27(26(20-22)35-36(9,10)29(2,3)4)23-18-21(28(32)33)15-16-24(23)31(7,8)34-25;1-7-8-9-10-13-26(2,3)19-15-22(28)25-20-14-18(23(29)17-33(6,30)31)11-12-21(20)27(4,5)32-24(25)16-19;1-5(2,3)4/h16,20-21,25-26H,12-15,17-19,22H2,1-11H3;15,19-20,23-24H,11-14,16-18H2,1-10H3,(H,32,33);11,15-16,20-21,28H,7-10,12-14,17H2,1-6H3;1H3,(H2,2,3,4)/t25-,26-;23-,24-;20-,21-;/m111./s1. The average molecular weight is 1680 g/mol. The van der Waals surface area contributed by atoms with Gasteiger partial charge in [-0.05, 0) is 216 Å². The molecular weight excluding hydrogens is 1530 g/mol. The molecule has 6 atom stereocenters. The number of fused-ring (bicyclic) bond motifs is 9. The van der Waals surface area contributed by atoms with Crippen molar-refractivity contribution in [2.75, 3.05) is 30.3 Å². The van der Waals surface area contributed by atoms with E-state index < -0.39 is 75.0 Å². The normalized spacial score (nSPS) is 21.1. The van der Waals surface area contributed by atoms with Crippen molar-refractivity contribution in [3.63, 3.8) is 0 Å². The van der Waals surface area contributed by atoms with Gasteiger partial charge in [-0.15, -0.1) is 0 Å². The molecule has 644 valence electrons. The molecule has 3 heterocycles. The number of sulfone groups is 2. The molecule has 0 radical (unpaired) electrons. The first-order valence-electron chi connectivity index (χ1n) is 42.3. The number of phenolic OH excluding ortho intramolecular Hbond substituents is 1. The van der Waals surface area contributed by atoms with Gasteiger partial charge in [-0.3, -0.25) is 9.59 Å². The Morgan fingerprint density at radius 2 is 0.728 bits per heavy atom. The number of primary sulfonamides is 1. The predicted molar refractivity (Wildman–Crippen MR) is 473 cm³/mol. The number of carboxylic acid groups (broad SMARTS) is 1. The Hall–Kier alpha value is -5.27. The number of Topliss-reactive ketones (excluding diaryl/α,β-unsaturated/α-hetero) is 2. The minimum Gasteiger partial charge on any atom is -0.543 e. The van der Waals surface area contributed by atoms with E-state index in [0.717, 1.165) is 89.7 Å². The van der Waals surface area contributed by atoms with Gasteiger partial charge in [0.2, 0.25) is 26.7 Å². The summed E-state index contributed by atoms with van der Waals surface area (Å²) >= 11 is 0. The number of aromatic hydroxyl groups is 1. The summed E-state index contributed by atoms with van der Waals surface area (Å²) in [5.41, 5.74) is 6.70. The number of nitrogens with two attached hydrogens (primary N) is 1. The smallest absolute Gasteiger partial charge is 0.331 e. The number of aliphatic carboxylic acids is 1. The van der Waals surface area contributed by atoms with Crippen LogP contribution in [0.25, 0.3) is 0 Å². The van der Waals surface area contributed by atoms with Gasteiger partial charge in [0.1, 0.15) is 62.8 Å². The number of rotatable bonds is 29. The highest BCUT2D eigenvalue weighted by Gasteiger charge is 2.53. The number of benzene rings is 3. The van der Waals surface area contributed by atoms with Gasteiger partial charge in [0.05, 0.1) is 6.26 Å². The van der Waals surface area contributed by atoms with E-state index in [1.807, 2.05) is 24.3 Å². The number of hydrogen-bond acceptors (Lipinski definition) is 15. The summed E-state index contributed by atoms with van der Waals surface area (Å²) in [6.07, 6.45) is 30.2. The molecule has 3 aromatic rings. The topological polar surface area (TPSA) is 266 Å². The van der Waals surface area contributed by atoms with Crippen molar-refractivity contribution >= 4 is 63.9 Å². The summed E-state index contributed by atoms with van der Waals surface area (Å²) in [5, 5.41) is 25.4. The lowest BCUT2D eigenvalue weighted by molar-refractivity contribution is -0.133. The maximum atomic E-state index is 13.0. The monoisotopic (exact) mass is 1680 g/mol. The first kappa shape index (κ1) is 97.6. The van der Waals surface area contributed by atoms with Crippen LogP contribution in [-0.4, -0.2) is 117 Å². The number of carboxylic acids is 1. The second kappa shape index (κ2) is 37.2. The third-order valence-corrected chi connectivity index (χ3v) is 36.6. The maximum Gasteiger partial charge on any atom is 0.331 e. The zero-order valence-corrected chi connectivity index (χ0v) is 79.8. The van der Waals surface area contributed by atoms with E-state index >= 15 is 0 Å². The fourth-order valence-electron chi connectivity index (χ4n) is 17.1. The van der Waals surface area contributed by atoms with Crippen molar-refractivity contribution in [1.29, 1.82) is 0 Å². The van der Waals surface area contributed by atoms with E-state index in [0.29, 0.717) is 61.0 Å². The van der Waals surface area contributed by atoms with E-state index in [1.165, 1.54) is 81.8 Å². The number of unbranched alkanes of at least 4 members (excludes halogenated alkanes) is 9. The van der Waals surface area contributed by atoms with Gasteiger partial charge < -0.3 is 33.3 Å².